The van der Waals surface area contributed by atoms with E-state index in [4.69, 9.17) is 19.3 Å². The highest BCUT2D eigenvalue weighted by atomic mass is 16.5. The fourth-order valence-corrected chi connectivity index (χ4v) is 3.49. The molecule has 1 aromatic carbocycles. The molecule has 1 atom stereocenters. The SMILES string of the molecule is COc1cc(C(=O)N2CCOC(CC(=O)O)C2)ccc1OC1CCCC1. The lowest BCUT2D eigenvalue weighted by Gasteiger charge is -2.32. The van der Waals surface area contributed by atoms with Crippen LogP contribution in [0.1, 0.15) is 42.5 Å². The van der Waals surface area contributed by atoms with Gasteiger partial charge < -0.3 is 24.2 Å². The van der Waals surface area contributed by atoms with Crippen molar-refractivity contribution in [2.75, 3.05) is 26.8 Å². The number of carboxylic acid groups (broad SMARTS) is 1. The minimum atomic E-state index is -0.931. The van der Waals surface area contributed by atoms with Crippen molar-refractivity contribution in [1.29, 1.82) is 0 Å². The van der Waals surface area contributed by atoms with Gasteiger partial charge in [-0.25, -0.2) is 0 Å². The molecule has 2 fully saturated rings. The maximum atomic E-state index is 12.8. The Kier molecular flexibility index (Phi) is 5.98. The van der Waals surface area contributed by atoms with Gasteiger partial charge in [-0.2, -0.15) is 0 Å². The summed E-state index contributed by atoms with van der Waals surface area (Å²) in [6, 6.07) is 5.20. The molecular formula is C19H25NO6. The number of ether oxygens (including phenoxy) is 3. The molecule has 1 amide bonds. The molecule has 0 spiro atoms. The van der Waals surface area contributed by atoms with Crippen molar-refractivity contribution in [1.82, 2.24) is 4.90 Å². The van der Waals surface area contributed by atoms with Crippen LogP contribution < -0.4 is 9.47 Å². The van der Waals surface area contributed by atoms with Crippen LogP contribution in [-0.2, 0) is 9.53 Å². The van der Waals surface area contributed by atoms with Crippen LogP contribution in [0.3, 0.4) is 0 Å². The number of carbonyl (C=O) groups is 2. The van der Waals surface area contributed by atoms with Crippen LogP contribution in [0.25, 0.3) is 0 Å². The third kappa shape index (κ3) is 4.46. The lowest BCUT2D eigenvalue weighted by molar-refractivity contribution is -0.141. The molecule has 2 aliphatic rings. The molecule has 1 aliphatic carbocycles. The van der Waals surface area contributed by atoms with E-state index in [1.54, 1.807) is 30.2 Å². The van der Waals surface area contributed by atoms with E-state index in [9.17, 15) is 9.59 Å². The summed E-state index contributed by atoms with van der Waals surface area (Å²) in [5.41, 5.74) is 0.497. The minimum absolute atomic E-state index is 0.110. The average molecular weight is 363 g/mol. The lowest BCUT2D eigenvalue weighted by atomic mass is 10.1. The first-order chi connectivity index (χ1) is 12.6. The van der Waals surface area contributed by atoms with Gasteiger partial charge in [0.05, 0.1) is 32.3 Å². The number of hydrogen-bond acceptors (Lipinski definition) is 5. The highest BCUT2D eigenvalue weighted by Crippen LogP contribution is 2.32. The lowest BCUT2D eigenvalue weighted by Crippen LogP contribution is -2.46. The smallest absolute Gasteiger partial charge is 0.306 e. The molecule has 1 saturated heterocycles. The van der Waals surface area contributed by atoms with Crippen molar-refractivity contribution >= 4 is 11.9 Å². The van der Waals surface area contributed by atoms with Gasteiger partial charge in [0.25, 0.3) is 5.91 Å². The quantitative estimate of drug-likeness (QED) is 0.835. The van der Waals surface area contributed by atoms with Gasteiger partial charge >= 0.3 is 5.97 Å². The van der Waals surface area contributed by atoms with Crippen molar-refractivity contribution in [3.8, 4) is 11.5 Å². The monoisotopic (exact) mass is 363 g/mol. The summed E-state index contributed by atoms with van der Waals surface area (Å²) in [5, 5.41) is 8.91. The van der Waals surface area contributed by atoms with Crippen LogP contribution >= 0.6 is 0 Å². The summed E-state index contributed by atoms with van der Waals surface area (Å²) in [4.78, 5) is 25.3. The zero-order valence-corrected chi connectivity index (χ0v) is 15.0. The number of rotatable bonds is 6. The second kappa shape index (κ2) is 8.40. The fourth-order valence-electron chi connectivity index (χ4n) is 3.49. The summed E-state index contributed by atoms with van der Waals surface area (Å²) in [6.45, 7) is 1.05. The Labute approximate surface area is 152 Å². The molecule has 0 aromatic heterocycles. The molecule has 7 heteroatoms. The highest BCUT2D eigenvalue weighted by Gasteiger charge is 2.27. The number of hydrogen-bond donors (Lipinski definition) is 1. The Morgan fingerprint density at radius 2 is 2.04 bits per heavy atom. The Morgan fingerprint density at radius 1 is 1.27 bits per heavy atom. The summed E-state index contributed by atoms with van der Waals surface area (Å²) >= 11 is 0. The van der Waals surface area contributed by atoms with Gasteiger partial charge in [0.15, 0.2) is 11.5 Å². The number of carboxylic acids is 1. The van der Waals surface area contributed by atoms with Gasteiger partial charge in [-0.1, -0.05) is 0 Å². The molecule has 3 rings (SSSR count). The number of amides is 1. The molecule has 1 aromatic rings. The number of benzene rings is 1. The van der Waals surface area contributed by atoms with Gasteiger partial charge in [-0.05, 0) is 43.9 Å². The van der Waals surface area contributed by atoms with Gasteiger partial charge in [0.1, 0.15) is 0 Å². The fraction of sp³-hybridized carbons (Fsp3) is 0.579. The second-order valence-electron chi connectivity index (χ2n) is 6.73. The summed E-state index contributed by atoms with van der Waals surface area (Å²) in [6.07, 6.45) is 4.07. The van der Waals surface area contributed by atoms with Crippen LogP contribution in [-0.4, -0.2) is 60.9 Å². The molecule has 142 valence electrons. The van der Waals surface area contributed by atoms with E-state index in [2.05, 4.69) is 0 Å². The first-order valence-electron chi connectivity index (χ1n) is 9.04. The van der Waals surface area contributed by atoms with Crippen molar-refractivity contribution in [2.45, 2.75) is 44.3 Å². The molecule has 7 nitrogen and oxygen atoms in total. The average Bonchev–Trinajstić information content (AvgIpc) is 3.14. The third-order valence-corrected chi connectivity index (χ3v) is 4.83. The molecule has 1 N–H and O–H groups in total. The largest absolute Gasteiger partial charge is 0.493 e. The van der Waals surface area contributed by atoms with Crippen LogP contribution in [0.15, 0.2) is 18.2 Å². The van der Waals surface area contributed by atoms with Crippen LogP contribution in [0.4, 0.5) is 0 Å². The normalized spacial score (nSPS) is 20.8. The maximum absolute atomic E-state index is 12.8. The number of carbonyl (C=O) groups excluding carboxylic acids is 1. The maximum Gasteiger partial charge on any atom is 0.306 e. The van der Waals surface area contributed by atoms with E-state index in [-0.39, 0.29) is 25.0 Å². The topological polar surface area (TPSA) is 85.3 Å². The Balaban J connectivity index is 1.69. The van der Waals surface area contributed by atoms with Gasteiger partial charge in [-0.3, -0.25) is 9.59 Å². The Morgan fingerprint density at radius 3 is 2.73 bits per heavy atom. The van der Waals surface area contributed by atoms with E-state index in [1.165, 1.54) is 12.8 Å². The van der Waals surface area contributed by atoms with E-state index in [0.29, 0.717) is 30.2 Å². The van der Waals surface area contributed by atoms with Gasteiger partial charge in [0, 0.05) is 18.7 Å². The summed E-state index contributed by atoms with van der Waals surface area (Å²) in [7, 11) is 1.56. The summed E-state index contributed by atoms with van der Waals surface area (Å²) < 4.78 is 16.8. The first kappa shape index (κ1) is 18.5. The Bertz CT molecular complexity index is 655. The molecular weight excluding hydrogens is 338 g/mol. The molecule has 0 bridgehead atoms. The number of nitrogens with zero attached hydrogens (tertiary/aromatic N) is 1. The molecule has 1 saturated carbocycles. The minimum Gasteiger partial charge on any atom is -0.493 e. The standard InChI is InChI=1S/C19H25NO6/c1-24-17-10-13(6-7-16(17)26-14-4-2-3-5-14)19(23)20-8-9-25-15(12-20)11-18(21)22/h6-7,10,14-15H,2-5,8-9,11-12H2,1H3,(H,21,22). The van der Waals surface area contributed by atoms with Gasteiger partial charge in [0.2, 0.25) is 0 Å². The van der Waals surface area contributed by atoms with Crippen LogP contribution in [0.5, 0.6) is 11.5 Å². The number of methoxy groups -OCH3 is 1. The van der Waals surface area contributed by atoms with E-state index < -0.39 is 12.1 Å². The third-order valence-electron chi connectivity index (χ3n) is 4.83. The second-order valence-corrected chi connectivity index (χ2v) is 6.73. The van der Waals surface area contributed by atoms with Crippen molar-refractivity contribution < 1.29 is 28.9 Å². The molecule has 1 heterocycles. The van der Waals surface area contributed by atoms with E-state index in [1.807, 2.05) is 0 Å². The van der Waals surface area contributed by atoms with E-state index >= 15 is 0 Å². The van der Waals surface area contributed by atoms with Crippen molar-refractivity contribution in [3.05, 3.63) is 23.8 Å². The Hall–Kier alpha value is -2.28. The molecule has 26 heavy (non-hydrogen) atoms. The van der Waals surface area contributed by atoms with Crippen molar-refractivity contribution in [3.63, 3.8) is 0 Å². The molecule has 0 radical (unpaired) electrons. The van der Waals surface area contributed by atoms with Crippen LogP contribution in [0, 0.1) is 0 Å². The highest BCUT2D eigenvalue weighted by molar-refractivity contribution is 5.95. The predicted octanol–water partition coefficient (Wildman–Crippen LogP) is 2.33. The van der Waals surface area contributed by atoms with E-state index in [0.717, 1.165) is 12.8 Å². The van der Waals surface area contributed by atoms with Crippen molar-refractivity contribution in [2.24, 2.45) is 0 Å². The first-order valence-corrected chi connectivity index (χ1v) is 9.04. The zero-order valence-electron chi connectivity index (χ0n) is 15.0. The van der Waals surface area contributed by atoms with Gasteiger partial charge in [-0.15, -0.1) is 0 Å². The number of morpholine rings is 1. The molecule has 1 unspecified atom stereocenters. The number of aliphatic carboxylic acids is 1. The van der Waals surface area contributed by atoms with Crippen LogP contribution in [0.2, 0.25) is 0 Å². The summed E-state index contributed by atoms with van der Waals surface area (Å²) in [5.74, 6) is 0.105. The molecule has 1 aliphatic heterocycles. The predicted molar refractivity (Wildman–Crippen MR) is 93.8 cm³/mol. The zero-order chi connectivity index (χ0) is 18.5.